The van der Waals surface area contributed by atoms with Crippen LogP contribution in [0.15, 0.2) is 18.2 Å². The van der Waals surface area contributed by atoms with E-state index in [0.29, 0.717) is 0 Å². The second-order valence-electron chi connectivity index (χ2n) is 5.75. The van der Waals surface area contributed by atoms with Crippen LogP contribution in [0.4, 0.5) is 5.13 Å². The van der Waals surface area contributed by atoms with Crippen LogP contribution in [0, 0.1) is 6.92 Å². The molecule has 4 rings (SSSR count). The predicted octanol–water partition coefficient (Wildman–Crippen LogP) is 3.98. The molecular weight excluding hydrogens is 292 g/mol. The standard InChI is InChI=1S/C17H18N4S/c1-10-6-5-8-12-14(16-20-21-17(18-2)22-16)11-7-3-4-9-13(11)19-15(10)12/h5-6,8H,3-4,7,9H2,1-2H3,(H,18,21). The van der Waals surface area contributed by atoms with Gasteiger partial charge in [-0.2, -0.15) is 0 Å². The van der Waals surface area contributed by atoms with E-state index in [1.807, 2.05) is 7.05 Å². The summed E-state index contributed by atoms with van der Waals surface area (Å²) in [5, 5.41) is 14.8. The molecule has 0 radical (unpaired) electrons. The SMILES string of the molecule is CNc1nnc(-c2c3c(nc4c(C)cccc24)CCCC3)s1. The van der Waals surface area contributed by atoms with Gasteiger partial charge in [-0.05, 0) is 43.7 Å². The van der Waals surface area contributed by atoms with Gasteiger partial charge in [-0.25, -0.2) is 0 Å². The van der Waals surface area contributed by atoms with Crippen LogP contribution < -0.4 is 5.32 Å². The van der Waals surface area contributed by atoms with E-state index in [1.54, 1.807) is 11.3 Å². The number of pyridine rings is 1. The van der Waals surface area contributed by atoms with Gasteiger partial charge in [0.05, 0.1) is 5.52 Å². The van der Waals surface area contributed by atoms with E-state index >= 15 is 0 Å². The third kappa shape index (κ3) is 2.08. The molecular formula is C17H18N4S. The average molecular weight is 310 g/mol. The second-order valence-corrected chi connectivity index (χ2v) is 6.73. The van der Waals surface area contributed by atoms with Crippen molar-refractivity contribution in [2.24, 2.45) is 0 Å². The van der Waals surface area contributed by atoms with Crippen LogP contribution in [0.2, 0.25) is 0 Å². The highest BCUT2D eigenvalue weighted by molar-refractivity contribution is 7.18. The Balaban J connectivity index is 2.07. The molecule has 0 aliphatic heterocycles. The summed E-state index contributed by atoms with van der Waals surface area (Å²) in [6.45, 7) is 2.13. The zero-order valence-corrected chi connectivity index (χ0v) is 13.6. The lowest BCUT2D eigenvalue weighted by molar-refractivity contribution is 0.672. The topological polar surface area (TPSA) is 50.7 Å². The first-order valence-electron chi connectivity index (χ1n) is 7.70. The van der Waals surface area contributed by atoms with Gasteiger partial charge in [0.1, 0.15) is 0 Å². The Morgan fingerprint density at radius 2 is 2.00 bits per heavy atom. The summed E-state index contributed by atoms with van der Waals surface area (Å²) in [6.07, 6.45) is 4.63. The highest BCUT2D eigenvalue weighted by Crippen LogP contribution is 2.39. The van der Waals surface area contributed by atoms with E-state index in [2.05, 4.69) is 40.6 Å². The van der Waals surface area contributed by atoms with Gasteiger partial charge in [0.25, 0.3) is 0 Å². The molecule has 0 spiro atoms. The lowest BCUT2D eigenvalue weighted by Gasteiger charge is -2.20. The van der Waals surface area contributed by atoms with Crippen molar-refractivity contribution in [1.29, 1.82) is 0 Å². The normalized spacial score (nSPS) is 14.1. The summed E-state index contributed by atoms with van der Waals surface area (Å²) in [5.74, 6) is 0. The molecule has 0 unspecified atom stereocenters. The Kier molecular flexibility index (Phi) is 3.30. The summed E-state index contributed by atoms with van der Waals surface area (Å²) in [4.78, 5) is 4.97. The predicted molar refractivity (Wildman–Crippen MR) is 91.6 cm³/mol. The molecule has 0 bridgehead atoms. The van der Waals surface area contributed by atoms with Crippen molar-refractivity contribution in [3.8, 4) is 10.6 Å². The van der Waals surface area contributed by atoms with Crippen molar-refractivity contribution in [2.75, 3.05) is 12.4 Å². The summed E-state index contributed by atoms with van der Waals surface area (Å²) in [7, 11) is 1.88. The molecule has 5 heteroatoms. The maximum Gasteiger partial charge on any atom is 0.205 e. The Bertz CT molecular complexity index is 853. The molecule has 1 aliphatic rings. The van der Waals surface area contributed by atoms with Crippen molar-refractivity contribution < 1.29 is 0 Å². The molecule has 0 saturated heterocycles. The number of aromatic nitrogens is 3. The number of para-hydroxylation sites is 1. The van der Waals surface area contributed by atoms with Crippen LogP contribution >= 0.6 is 11.3 Å². The molecule has 0 saturated carbocycles. The van der Waals surface area contributed by atoms with E-state index in [4.69, 9.17) is 4.98 Å². The van der Waals surface area contributed by atoms with Crippen LogP contribution in [0.1, 0.15) is 29.7 Å². The number of nitrogens with zero attached hydrogens (tertiary/aromatic N) is 3. The Labute approximate surface area is 133 Å². The molecule has 0 amide bonds. The van der Waals surface area contributed by atoms with Crippen LogP contribution in [-0.2, 0) is 12.8 Å². The van der Waals surface area contributed by atoms with Crippen LogP contribution in [-0.4, -0.2) is 22.2 Å². The molecule has 112 valence electrons. The number of hydrogen-bond acceptors (Lipinski definition) is 5. The molecule has 0 atom stereocenters. The first kappa shape index (κ1) is 13.6. The van der Waals surface area contributed by atoms with Crippen molar-refractivity contribution >= 4 is 27.4 Å². The molecule has 1 aromatic carbocycles. The van der Waals surface area contributed by atoms with Gasteiger partial charge in [0.2, 0.25) is 5.13 Å². The smallest absolute Gasteiger partial charge is 0.205 e. The fraction of sp³-hybridized carbons (Fsp3) is 0.353. The zero-order chi connectivity index (χ0) is 15.1. The van der Waals surface area contributed by atoms with Gasteiger partial charge in [-0.1, -0.05) is 29.5 Å². The number of anilines is 1. The van der Waals surface area contributed by atoms with Gasteiger partial charge in [0.15, 0.2) is 5.01 Å². The number of hydrogen-bond donors (Lipinski definition) is 1. The Morgan fingerprint density at radius 3 is 2.82 bits per heavy atom. The number of fused-ring (bicyclic) bond motifs is 2. The Hall–Kier alpha value is -2.01. The maximum absolute atomic E-state index is 4.97. The second kappa shape index (κ2) is 5.32. The van der Waals surface area contributed by atoms with Gasteiger partial charge in [-0.15, -0.1) is 10.2 Å². The van der Waals surface area contributed by atoms with Crippen molar-refractivity contribution in [2.45, 2.75) is 32.6 Å². The summed E-state index contributed by atoms with van der Waals surface area (Å²) >= 11 is 1.62. The van der Waals surface area contributed by atoms with Crippen molar-refractivity contribution in [1.82, 2.24) is 15.2 Å². The van der Waals surface area contributed by atoms with E-state index in [9.17, 15) is 0 Å². The van der Waals surface area contributed by atoms with E-state index in [-0.39, 0.29) is 0 Å². The summed E-state index contributed by atoms with van der Waals surface area (Å²) in [6, 6.07) is 6.41. The molecule has 22 heavy (non-hydrogen) atoms. The molecule has 1 N–H and O–H groups in total. The molecule has 2 aromatic heterocycles. The highest BCUT2D eigenvalue weighted by Gasteiger charge is 2.22. The molecule has 1 aliphatic carbocycles. The highest BCUT2D eigenvalue weighted by atomic mass is 32.1. The minimum Gasteiger partial charge on any atom is -0.363 e. The third-order valence-corrected chi connectivity index (χ3v) is 5.31. The minimum absolute atomic E-state index is 0.858. The molecule has 2 heterocycles. The number of benzene rings is 1. The van der Waals surface area contributed by atoms with Gasteiger partial charge in [0, 0.05) is 23.7 Å². The Morgan fingerprint density at radius 1 is 1.14 bits per heavy atom. The fourth-order valence-corrected chi connectivity index (χ4v) is 4.04. The van der Waals surface area contributed by atoms with Crippen molar-refractivity contribution in [3.05, 3.63) is 35.0 Å². The zero-order valence-electron chi connectivity index (χ0n) is 12.8. The van der Waals surface area contributed by atoms with E-state index in [1.165, 1.54) is 40.6 Å². The van der Waals surface area contributed by atoms with Gasteiger partial charge < -0.3 is 5.32 Å². The van der Waals surface area contributed by atoms with Crippen molar-refractivity contribution in [3.63, 3.8) is 0 Å². The lowest BCUT2D eigenvalue weighted by atomic mass is 9.89. The van der Waals surface area contributed by atoms with E-state index in [0.717, 1.165) is 28.5 Å². The van der Waals surface area contributed by atoms with Crippen LogP contribution in [0.3, 0.4) is 0 Å². The first-order valence-corrected chi connectivity index (χ1v) is 8.52. The molecule has 0 fully saturated rings. The first-order chi connectivity index (χ1) is 10.8. The van der Waals surface area contributed by atoms with Crippen LogP contribution in [0.5, 0.6) is 0 Å². The number of rotatable bonds is 2. The maximum atomic E-state index is 4.97. The van der Waals surface area contributed by atoms with Crippen LogP contribution in [0.25, 0.3) is 21.5 Å². The quantitative estimate of drug-likeness (QED) is 0.778. The van der Waals surface area contributed by atoms with E-state index < -0.39 is 0 Å². The van der Waals surface area contributed by atoms with Gasteiger partial charge >= 0.3 is 0 Å². The molecule has 4 nitrogen and oxygen atoms in total. The summed E-state index contributed by atoms with van der Waals surface area (Å²) in [5.41, 5.74) is 6.22. The third-order valence-electron chi connectivity index (χ3n) is 4.35. The summed E-state index contributed by atoms with van der Waals surface area (Å²) < 4.78 is 0. The number of nitrogens with one attached hydrogen (secondary N) is 1. The molecule has 3 aromatic rings. The fourth-order valence-electron chi connectivity index (χ4n) is 3.26. The average Bonchev–Trinajstić information content (AvgIpc) is 3.02. The monoisotopic (exact) mass is 310 g/mol. The number of aryl methyl sites for hydroxylation is 2. The van der Waals surface area contributed by atoms with Gasteiger partial charge in [-0.3, -0.25) is 4.98 Å². The minimum atomic E-state index is 0.858. The largest absolute Gasteiger partial charge is 0.363 e. The lowest BCUT2D eigenvalue weighted by Crippen LogP contribution is -2.08.